The van der Waals surface area contributed by atoms with Crippen LogP contribution in [0.2, 0.25) is 10.0 Å². The summed E-state index contributed by atoms with van der Waals surface area (Å²) in [6.07, 6.45) is -0.988. The molecule has 1 saturated heterocycles. The lowest BCUT2D eigenvalue weighted by atomic mass is 10.2. The first-order valence-electron chi connectivity index (χ1n) is 8.11. The Hall–Kier alpha value is -1.79. The Bertz CT molecular complexity index is 807. The van der Waals surface area contributed by atoms with Crippen LogP contribution in [-0.2, 0) is 14.2 Å². The molecule has 0 bridgehead atoms. The van der Waals surface area contributed by atoms with Crippen molar-refractivity contribution in [1.82, 2.24) is 0 Å². The average molecular weight is 430 g/mol. The van der Waals surface area contributed by atoms with Crippen LogP contribution in [0.1, 0.15) is 27.1 Å². The van der Waals surface area contributed by atoms with Crippen LogP contribution < -0.4 is 0 Å². The van der Waals surface area contributed by atoms with Crippen LogP contribution in [0, 0.1) is 0 Å². The molecule has 2 aromatic carbocycles. The predicted octanol–water partition coefficient (Wildman–Crippen LogP) is 4.73. The number of alkyl halides is 1. The minimum Gasteiger partial charge on any atom is -0.459 e. The molecule has 0 spiro atoms. The van der Waals surface area contributed by atoms with Gasteiger partial charge in [0.25, 0.3) is 0 Å². The Kier molecular flexibility index (Phi) is 6.60. The third-order valence-electron chi connectivity index (χ3n) is 3.95. The quantitative estimate of drug-likeness (QED) is 0.508. The van der Waals surface area contributed by atoms with Gasteiger partial charge >= 0.3 is 11.9 Å². The lowest BCUT2D eigenvalue weighted by molar-refractivity contribution is -0.0322. The second-order valence-corrected chi connectivity index (χ2v) is 7.24. The number of esters is 2. The van der Waals surface area contributed by atoms with Crippen LogP contribution in [0.3, 0.4) is 0 Å². The largest absolute Gasteiger partial charge is 0.459 e. The maximum atomic E-state index is 12.3. The number of benzene rings is 2. The summed E-state index contributed by atoms with van der Waals surface area (Å²) < 4.78 is 16.2. The third-order valence-corrected chi connectivity index (χ3v) is 4.74. The second-order valence-electron chi connectivity index (χ2n) is 5.88. The minimum absolute atomic E-state index is 0.0940. The average Bonchev–Trinajstić information content (AvgIpc) is 3.00. The first-order valence-corrected chi connectivity index (χ1v) is 9.30. The molecule has 5 nitrogen and oxygen atoms in total. The normalized spacial score (nSPS) is 21.7. The van der Waals surface area contributed by atoms with Gasteiger partial charge in [0.05, 0.1) is 11.1 Å². The number of ether oxygens (including phenoxy) is 3. The van der Waals surface area contributed by atoms with Gasteiger partial charge in [-0.15, -0.1) is 0 Å². The molecule has 1 aliphatic rings. The monoisotopic (exact) mass is 428 g/mol. The van der Waals surface area contributed by atoms with E-state index in [1.54, 1.807) is 48.5 Å². The van der Waals surface area contributed by atoms with Gasteiger partial charge in [0.1, 0.15) is 24.4 Å². The van der Waals surface area contributed by atoms with Crippen molar-refractivity contribution in [1.29, 1.82) is 0 Å². The van der Waals surface area contributed by atoms with Crippen molar-refractivity contribution >= 4 is 46.7 Å². The van der Waals surface area contributed by atoms with E-state index in [1.165, 1.54) is 0 Å². The second kappa shape index (κ2) is 8.93. The van der Waals surface area contributed by atoms with Gasteiger partial charge in [0.15, 0.2) is 0 Å². The van der Waals surface area contributed by atoms with Crippen molar-refractivity contribution in [2.75, 3.05) is 6.61 Å². The number of carbonyl (C=O) groups is 2. The van der Waals surface area contributed by atoms with Gasteiger partial charge in [0, 0.05) is 16.5 Å². The van der Waals surface area contributed by atoms with E-state index in [0.29, 0.717) is 27.6 Å². The lowest BCUT2D eigenvalue weighted by Crippen LogP contribution is -2.32. The van der Waals surface area contributed by atoms with E-state index in [1.807, 2.05) is 0 Å². The van der Waals surface area contributed by atoms with E-state index in [9.17, 15) is 9.59 Å². The van der Waals surface area contributed by atoms with E-state index in [-0.39, 0.29) is 6.61 Å². The molecule has 1 fully saturated rings. The predicted molar refractivity (Wildman–Crippen MR) is 102 cm³/mol. The van der Waals surface area contributed by atoms with Crippen molar-refractivity contribution in [3.8, 4) is 0 Å². The van der Waals surface area contributed by atoms with Crippen LogP contribution in [-0.4, -0.2) is 36.3 Å². The van der Waals surface area contributed by atoms with Crippen LogP contribution in [0.15, 0.2) is 48.5 Å². The van der Waals surface area contributed by atoms with Crippen LogP contribution in [0.5, 0.6) is 0 Å². The van der Waals surface area contributed by atoms with Crippen molar-refractivity contribution in [2.24, 2.45) is 0 Å². The highest BCUT2D eigenvalue weighted by Gasteiger charge is 2.38. The molecule has 0 aliphatic carbocycles. The molecule has 3 rings (SSSR count). The number of hydrogen-bond acceptors (Lipinski definition) is 5. The molecule has 0 radical (unpaired) electrons. The van der Waals surface area contributed by atoms with E-state index in [4.69, 9.17) is 49.0 Å². The molecular formula is C19H15Cl3O5. The van der Waals surface area contributed by atoms with Crippen LogP contribution >= 0.6 is 34.8 Å². The molecule has 27 heavy (non-hydrogen) atoms. The molecule has 1 heterocycles. The molecule has 3 atom stereocenters. The Morgan fingerprint density at radius 2 is 1.44 bits per heavy atom. The fourth-order valence-corrected chi connectivity index (χ4v) is 3.12. The lowest BCUT2D eigenvalue weighted by Gasteiger charge is -2.19. The van der Waals surface area contributed by atoms with Crippen LogP contribution in [0.4, 0.5) is 0 Å². The number of rotatable bonds is 5. The van der Waals surface area contributed by atoms with E-state index < -0.39 is 29.7 Å². The number of halogens is 3. The summed E-state index contributed by atoms with van der Waals surface area (Å²) in [7, 11) is 0. The Morgan fingerprint density at radius 3 is 2.00 bits per heavy atom. The Labute approximate surface area is 171 Å². The van der Waals surface area contributed by atoms with Crippen molar-refractivity contribution in [3.63, 3.8) is 0 Å². The van der Waals surface area contributed by atoms with E-state index in [0.717, 1.165) is 0 Å². The molecule has 2 aromatic rings. The maximum absolute atomic E-state index is 12.3. The highest BCUT2D eigenvalue weighted by Crippen LogP contribution is 2.27. The van der Waals surface area contributed by atoms with Gasteiger partial charge in [-0.05, 0) is 48.5 Å². The number of hydrogen-bond donors (Lipinski definition) is 0. The SMILES string of the molecule is O=C(OC[C@H]1O[C@H](Cl)C[C@H]1OC(=O)c1ccc(Cl)cc1)c1ccc(Cl)cc1. The van der Waals surface area contributed by atoms with Crippen molar-refractivity contribution in [3.05, 3.63) is 69.7 Å². The highest BCUT2D eigenvalue weighted by molar-refractivity contribution is 6.31. The molecule has 0 saturated carbocycles. The standard InChI is InChI=1S/C19H15Cl3O5/c20-13-5-1-11(2-6-13)18(23)25-10-16-15(9-17(22)26-16)27-19(24)12-3-7-14(21)8-4-12/h1-8,15-17H,9-10H2/t15-,16-,17+/m1/s1. The molecular weight excluding hydrogens is 415 g/mol. The summed E-state index contributed by atoms with van der Waals surface area (Å²) in [6.45, 7) is -0.0940. The van der Waals surface area contributed by atoms with Crippen molar-refractivity contribution in [2.45, 2.75) is 24.2 Å². The van der Waals surface area contributed by atoms with Gasteiger partial charge in [-0.2, -0.15) is 0 Å². The van der Waals surface area contributed by atoms with E-state index in [2.05, 4.69) is 0 Å². The van der Waals surface area contributed by atoms with Gasteiger partial charge < -0.3 is 14.2 Å². The molecule has 0 amide bonds. The molecule has 8 heteroatoms. The zero-order valence-electron chi connectivity index (χ0n) is 13.9. The third kappa shape index (κ3) is 5.36. The maximum Gasteiger partial charge on any atom is 0.338 e. The molecule has 1 aliphatic heterocycles. The van der Waals surface area contributed by atoms with Crippen molar-refractivity contribution < 1.29 is 23.8 Å². The number of carbonyl (C=O) groups excluding carboxylic acids is 2. The van der Waals surface area contributed by atoms with Gasteiger partial charge in [-0.1, -0.05) is 34.8 Å². The summed E-state index contributed by atoms with van der Waals surface area (Å²) >= 11 is 17.6. The van der Waals surface area contributed by atoms with Crippen LogP contribution in [0.25, 0.3) is 0 Å². The van der Waals surface area contributed by atoms with Gasteiger partial charge in [0.2, 0.25) is 0 Å². The van der Waals surface area contributed by atoms with E-state index >= 15 is 0 Å². The smallest absolute Gasteiger partial charge is 0.338 e. The molecule has 142 valence electrons. The zero-order valence-corrected chi connectivity index (χ0v) is 16.2. The highest BCUT2D eigenvalue weighted by atomic mass is 35.5. The fraction of sp³-hybridized carbons (Fsp3) is 0.263. The minimum atomic E-state index is -0.653. The summed E-state index contributed by atoms with van der Waals surface area (Å²) in [6, 6.07) is 12.6. The summed E-state index contributed by atoms with van der Waals surface area (Å²) in [4.78, 5) is 24.4. The first kappa shape index (κ1) is 20.0. The van der Waals surface area contributed by atoms with Gasteiger partial charge in [-0.3, -0.25) is 0 Å². The molecule has 0 N–H and O–H groups in total. The fourth-order valence-electron chi connectivity index (χ4n) is 2.56. The summed E-state index contributed by atoms with van der Waals surface area (Å²) in [5.41, 5.74) is 0.0797. The zero-order chi connectivity index (χ0) is 19.4. The Balaban J connectivity index is 1.58. The first-order chi connectivity index (χ1) is 12.9. The van der Waals surface area contributed by atoms with Gasteiger partial charge in [-0.25, -0.2) is 9.59 Å². The Morgan fingerprint density at radius 1 is 0.926 bits per heavy atom. The topological polar surface area (TPSA) is 61.8 Å². The summed E-state index contributed by atoms with van der Waals surface area (Å²) in [5, 5.41) is 1.04. The molecule has 0 aromatic heterocycles. The summed E-state index contributed by atoms with van der Waals surface area (Å²) in [5.74, 6) is -1.06. The molecule has 0 unspecified atom stereocenters.